The SMILES string of the molecule is CCCNc1cc(N2CCC(C)C(OC)C2)ncn1. The summed E-state index contributed by atoms with van der Waals surface area (Å²) in [5, 5.41) is 3.30. The lowest BCUT2D eigenvalue weighted by atomic mass is 9.96. The van der Waals surface area contributed by atoms with Crippen LogP contribution in [0.25, 0.3) is 0 Å². The molecule has 1 aliphatic rings. The maximum absolute atomic E-state index is 5.55. The molecule has 0 spiro atoms. The quantitative estimate of drug-likeness (QED) is 0.883. The molecule has 0 aromatic carbocycles. The van der Waals surface area contributed by atoms with Crippen LogP contribution >= 0.6 is 0 Å². The lowest BCUT2D eigenvalue weighted by Gasteiger charge is -2.36. The Bertz CT molecular complexity index is 399. The van der Waals surface area contributed by atoms with E-state index in [9.17, 15) is 0 Å². The molecule has 0 aliphatic carbocycles. The third kappa shape index (κ3) is 3.56. The van der Waals surface area contributed by atoms with Crippen molar-refractivity contribution < 1.29 is 4.74 Å². The van der Waals surface area contributed by atoms with Crippen molar-refractivity contribution >= 4 is 11.6 Å². The van der Waals surface area contributed by atoms with E-state index >= 15 is 0 Å². The van der Waals surface area contributed by atoms with Crippen molar-refractivity contribution in [3.05, 3.63) is 12.4 Å². The van der Waals surface area contributed by atoms with Crippen LogP contribution in [0.4, 0.5) is 11.6 Å². The average Bonchev–Trinajstić information content (AvgIpc) is 2.46. The molecule has 1 aliphatic heterocycles. The zero-order chi connectivity index (χ0) is 13.7. The fourth-order valence-corrected chi connectivity index (χ4v) is 2.42. The van der Waals surface area contributed by atoms with Gasteiger partial charge in [0.2, 0.25) is 0 Å². The van der Waals surface area contributed by atoms with Gasteiger partial charge in [-0.3, -0.25) is 0 Å². The Morgan fingerprint density at radius 3 is 3.05 bits per heavy atom. The summed E-state index contributed by atoms with van der Waals surface area (Å²) < 4.78 is 5.55. The van der Waals surface area contributed by atoms with Gasteiger partial charge < -0.3 is 15.0 Å². The minimum absolute atomic E-state index is 0.288. The Hall–Kier alpha value is -1.36. The first-order valence-electron chi connectivity index (χ1n) is 7.08. The molecule has 2 unspecified atom stereocenters. The molecule has 106 valence electrons. The molecule has 1 N–H and O–H groups in total. The number of rotatable bonds is 5. The van der Waals surface area contributed by atoms with Crippen LogP contribution in [0.5, 0.6) is 0 Å². The van der Waals surface area contributed by atoms with E-state index in [4.69, 9.17) is 4.74 Å². The van der Waals surface area contributed by atoms with Crippen LogP contribution < -0.4 is 10.2 Å². The lowest BCUT2D eigenvalue weighted by molar-refractivity contribution is 0.0496. The largest absolute Gasteiger partial charge is 0.379 e. The first kappa shape index (κ1) is 14.1. The van der Waals surface area contributed by atoms with E-state index in [1.807, 2.05) is 6.07 Å². The van der Waals surface area contributed by atoms with Crippen molar-refractivity contribution in [2.24, 2.45) is 5.92 Å². The maximum Gasteiger partial charge on any atom is 0.134 e. The van der Waals surface area contributed by atoms with E-state index in [0.29, 0.717) is 5.92 Å². The van der Waals surface area contributed by atoms with Crippen LogP contribution in [-0.2, 0) is 4.74 Å². The molecule has 1 aromatic heterocycles. The average molecular weight is 264 g/mol. The van der Waals surface area contributed by atoms with Gasteiger partial charge in [-0.05, 0) is 18.8 Å². The fraction of sp³-hybridized carbons (Fsp3) is 0.714. The van der Waals surface area contributed by atoms with Crippen molar-refractivity contribution in [3.8, 4) is 0 Å². The van der Waals surface area contributed by atoms with Crippen LogP contribution in [0.1, 0.15) is 26.7 Å². The molecule has 1 fully saturated rings. The normalized spacial score (nSPS) is 23.4. The molecule has 2 heterocycles. The summed E-state index contributed by atoms with van der Waals surface area (Å²) in [4.78, 5) is 10.9. The zero-order valence-electron chi connectivity index (χ0n) is 12.1. The topological polar surface area (TPSA) is 50.3 Å². The van der Waals surface area contributed by atoms with Crippen molar-refractivity contribution in [1.82, 2.24) is 9.97 Å². The monoisotopic (exact) mass is 264 g/mol. The smallest absolute Gasteiger partial charge is 0.134 e. The van der Waals surface area contributed by atoms with Crippen LogP contribution in [-0.4, -0.2) is 42.8 Å². The molecule has 0 amide bonds. The zero-order valence-corrected chi connectivity index (χ0v) is 12.1. The Morgan fingerprint density at radius 1 is 1.47 bits per heavy atom. The Morgan fingerprint density at radius 2 is 2.32 bits per heavy atom. The van der Waals surface area contributed by atoms with E-state index < -0.39 is 0 Å². The van der Waals surface area contributed by atoms with Crippen molar-refractivity contribution in [2.45, 2.75) is 32.8 Å². The summed E-state index contributed by atoms with van der Waals surface area (Å²) in [6, 6.07) is 2.03. The van der Waals surface area contributed by atoms with Gasteiger partial charge in [0, 0.05) is 32.8 Å². The molecule has 2 rings (SSSR count). The molecule has 2 atom stereocenters. The fourth-order valence-electron chi connectivity index (χ4n) is 2.42. The second-order valence-corrected chi connectivity index (χ2v) is 5.17. The Labute approximate surface area is 115 Å². The highest BCUT2D eigenvalue weighted by Crippen LogP contribution is 2.24. The third-order valence-corrected chi connectivity index (χ3v) is 3.72. The molecule has 1 saturated heterocycles. The summed E-state index contributed by atoms with van der Waals surface area (Å²) in [6.45, 7) is 7.27. The highest BCUT2D eigenvalue weighted by Gasteiger charge is 2.26. The molecule has 19 heavy (non-hydrogen) atoms. The van der Waals surface area contributed by atoms with Crippen LogP contribution in [0, 0.1) is 5.92 Å². The third-order valence-electron chi connectivity index (χ3n) is 3.72. The highest BCUT2D eigenvalue weighted by molar-refractivity contribution is 5.48. The van der Waals surface area contributed by atoms with Gasteiger partial charge in [-0.25, -0.2) is 9.97 Å². The number of nitrogens with zero attached hydrogens (tertiary/aromatic N) is 3. The van der Waals surface area contributed by atoms with Crippen molar-refractivity contribution in [3.63, 3.8) is 0 Å². The summed E-state index contributed by atoms with van der Waals surface area (Å²) in [5.74, 6) is 2.50. The number of ether oxygens (including phenoxy) is 1. The minimum atomic E-state index is 0.288. The van der Waals surface area contributed by atoms with Crippen molar-refractivity contribution in [2.75, 3.05) is 37.0 Å². The summed E-state index contributed by atoms with van der Waals surface area (Å²) >= 11 is 0. The second-order valence-electron chi connectivity index (χ2n) is 5.17. The number of nitrogens with one attached hydrogen (secondary N) is 1. The van der Waals surface area contributed by atoms with Gasteiger partial charge in [-0.2, -0.15) is 0 Å². The number of methoxy groups -OCH3 is 1. The van der Waals surface area contributed by atoms with E-state index in [1.165, 1.54) is 0 Å². The Balaban J connectivity index is 2.04. The van der Waals surface area contributed by atoms with Gasteiger partial charge in [-0.1, -0.05) is 13.8 Å². The molecule has 0 radical (unpaired) electrons. The number of hydrogen-bond acceptors (Lipinski definition) is 5. The number of aromatic nitrogens is 2. The summed E-state index contributed by atoms with van der Waals surface area (Å²) in [7, 11) is 1.79. The molecule has 1 aromatic rings. The predicted octanol–water partition coefficient (Wildman–Crippen LogP) is 2.16. The highest BCUT2D eigenvalue weighted by atomic mass is 16.5. The Kier molecular flexibility index (Phi) is 4.96. The second kappa shape index (κ2) is 6.70. The van der Waals surface area contributed by atoms with Gasteiger partial charge in [-0.15, -0.1) is 0 Å². The number of hydrogen-bond donors (Lipinski definition) is 1. The molecular weight excluding hydrogens is 240 g/mol. The molecular formula is C14H24N4O. The van der Waals surface area contributed by atoms with Crippen LogP contribution in [0.2, 0.25) is 0 Å². The van der Waals surface area contributed by atoms with E-state index in [-0.39, 0.29) is 6.10 Å². The van der Waals surface area contributed by atoms with Gasteiger partial charge in [0.25, 0.3) is 0 Å². The minimum Gasteiger partial charge on any atom is -0.379 e. The molecule has 5 nitrogen and oxygen atoms in total. The van der Waals surface area contributed by atoms with Gasteiger partial charge in [0.15, 0.2) is 0 Å². The van der Waals surface area contributed by atoms with E-state index in [1.54, 1.807) is 13.4 Å². The van der Waals surface area contributed by atoms with Gasteiger partial charge in [0.05, 0.1) is 6.10 Å². The molecule has 0 saturated carbocycles. The molecule has 0 bridgehead atoms. The first-order chi connectivity index (χ1) is 9.24. The predicted molar refractivity (Wildman–Crippen MR) is 77.6 cm³/mol. The molecule has 5 heteroatoms. The first-order valence-corrected chi connectivity index (χ1v) is 7.08. The van der Waals surface area contributed by atoms with Crippen molar-refractivity contribution in [1.29, 1.82) is 0 Å². The van der Waals surface area contributed by atoms with E-state index in [2.05, 4.69) is 34.0 Å². The van der Waals surface area contributed by atoms with Gasteiger partial charge >= 0.3 is 0 Å². The standard InChI is InChI=1S/C14H24N4O/c1-4-6-15-13-8-14(17-10-16-13)18-7-5-11(2)12(9-18)19-3/h8,10-12H,4-7,9H2,1-3H3,(H,15,16,17). The number of anilines is 2. The lowest BCUT2D eigenvalue weighted by Crippen LogP contribution is -2.44. The van der Waals surface area contributed by atoms with E-state index in [0.717, 1.165) is 44.1 Å². The maximum atomic E-state index is 5.55. The number of piperidine rings is 1. The summed E-state index contributed by atoms with van der Waals surface area (Å²) in [5.41, 5.74) is 0. The van der Waals surface area contributed by atoms with Crippen LogP contribution in [0.15, 0.2) is 12.4 Å². The van der Waals surface area contributed by atoms with Gasteiger partial charge in [0.1, 0.15) is 18.0 Å². The van der Waals surface area contributed by atoms with Crippen LogP contribution in [0.3, 0.4) is 0 Å². The summed E-state index contributed by atoms with van der Waals surface area (Å²) in [6.07, 6.45) is 4.15.